The van der Waals surface area contributed by atoms with Crippen molar-refractivity contribution in [3.05, 3.63) is 53.2 Å². The summed E-state index contributed by atoms with van der Waals surface area (Å²) < 4.78 is 13.6. The van der Waals surface area contributed by atoms with Crippen LogP contribution in [0.1, 0.15) is 60.9 Å². The Kier molecular flexibility index (Phi) is 5.61. The van der Waals surface area contributed by atoms with Crippen LogP contribution in [0.5, 0.6) is 0 Å². The molecule has 0 bridgehead atoms. The first kappa shape index (κ1) is 19.8. The monoisotopic (exact) mass is 421 g/mol. The Labute approximate surface area is 181 Å². The van der Waals surface area contributed by atoms with Crippen molar-refractivity contribution in [2.45, 2.75) is 50.4 Å². The lowest BCUT2D eigenvalue weighted by Crippen LogP contribution is -2.29. The van der Waals surface area contributed by atoms with E-state index in [1.165, 1.54) is 48.4 Å². The highest BCUT2D eigenvalue weighted by molar-refractivity contribution is 7.15. The molecule has 6 heteroatoms. The third kappa shape index (κ3) is 3.91. The van der Waals surface area contributed by atoms with Gasteiger partial charge in [-0.25, -0.2) is 19.3 Å². The van der Waals surface area contributed by atoms with Gasteiger partial charge in [0.1, 0.15) is 5.82 Å². The third-order valence-corrected chi connectivity index (χ3v) is 7.76. The van der Waals surface area contributed by atoms with Crippen LogP contribution < -0.4 is 0 Å². The number of nitrogens with zero attached hydrogens (tertiary/aromatic N) is 4. The van der Waals surface area contributed by atoms with Gasteiger partial charge in [0, 0.05) is 23.2 Å². The molecule has 1 aliphatic heterocycles. The van der Waals surface area contributed by atoms with E-state index in [4.69, 9.17) is 4.98 Å². The van der Waals surface area contributed by atoms with E-state index in [-0.39, 0.29) is 5.82 Å². The van der Waals surface area contributed by atoms with Crippen molar-refractivity contribution in [3.8, 4) is 21.8 Å². The lowest BCUT2D eigenvalue weighted by Gasteiger charge is -2.27. The Morgan fingerprint density at radius 1 is 1.00 bits per heavy atom. The predicted octanol–water partition coefficient (Wildman–Crippen LogP) is 5.67. The standard InChI is InChI=1S/C24H26FN4S/c1-29-12-10-18(11-13-29)24-28-21(17-6-8-19(25)9-7-17)23(30-24)22-20(14-26-15-27-22)16-4-2-3-5-16/h6-9,14,16,18H,2-5,10-13H2,1H3. The van der Waals surface area contributed by atoms with Gasteiger partial charge in [-0.2, -0.15) is 0 Å². The summed E-state index contributed by atoms with van der Waals surface area (Å²) in [6.07, 6.45) is 11.9. The van der Waals surface area contributed by atoms with Crippen molar-refractivity contribution in [1.82, 2.24) is 19.9 Å². The third-order valence-electron chi connectivity index (χ3n) is 6.54. The molecular formula is C24H26FN4S. The minimum Gasteiger partial charge on any atom is -0.306 e. The minimum absolute atomic E-state index is 0.229. The molecule has 30 heavy (non-hydrogen) atoms. The maximum absolute atomic E-state index is 13.6. The largest absolute Gasteiger partial charge is 0.306 e. The molecule has 1 aromatic carbocycles. The van der Waals surface area contributed by atoms with Crippen molar-refractivity contribution in [1.29, 1.82) is 0 Å². The molecule has 0 unspecified atom stereocenters. The number of aromatic nitrogens is 3. The lowest BCUT2D eigenvalue weighted by molar-refractivity contribution is 0.255. The number of thiazole rings is 1. The molecule has 0 amide bonds. The van der Waals surface area contributed by atoms with Gasteiger partial charge in [0.25, 0.3) is 0 Å². The zero-order valence-electron chi connectivity index (χ0n) is 17.3. The quantitative estimate of drug-likeness (QED) is 0.544. The summed E-state index contributed by atoms with van der Waals surface area (Å²) in [6.45, 7) is 2.19. The molecule has 0 spiro atoms. The Balaban J connectivity index is 1.61. The summed E-state index contributed by atoms with van der Waals surface area (Å²) in [6, 6.07) is 6.67. The van der Waals surface area contributed by atoms with E-state index >= 15 is 0 Å². The van der Waals surface area contributed by atoms with E-state index in [1.807, 2.05) is 18.3 Å². The van der Waals surface area contributed by atoms with E-state index in [1.54, 1.807) is 11.3 Å². The maximum Gasteiger partial charge on any atom is 0.198 e. The summed E-state index contributed by atoms with van der Waals surface area (Å²) in [5.74, 6) is 0.748. The fourth-order valence-corrected chi connectivity index (χ4v) is 6.02. The first-order chi connectivity index (χ1) is 14.7. The average molecular weight is 422 g/mol. The van der Waals surface area contributed by atoms with Gasteiger partial charge in [0.15, 0.2) is 6.33 Å². The Morgan fingerprint density at radius 2 is 1.73 bits per heavy atom. The average Bonchev–Trinajstić information content (AvgIpc) is 3.45. The highest BCUT2D eigenvalue weighted by Gasteiger charge is 2.28. The highest BCUT2D eigenvalue weighted by atomic mass is 32.1. The molecule has 2 aliphatic rings. The molecule has 3 heterocycles. The molecule has 155 valence electrons. The molecule has 0 atom stereocenters. The second-order valence-electron chi connectivity index (χ2n) is 8.57. The molecule has 1 radical (unpaired) electrons. The van der Waals surface area contributed by atoms with Gasteiger partial charge in [0.2, 0.25) is 0 Å². The molecule has 0 N–H and O–H groups in total. The van der Waals surface area contributed by atoms with Gasteiger partial charge in [0.05, 0.1) is 21.3 Å². The topological polar surface area (TPSA) is 41.9 Å². The summed E-state index contributed by atoms with van der Waals surface area (Å²) in [4.78, 5) is 17.4. The van der Waals surface area contributed by atoms with Gasteiger partial charge in [-0.05, 0) is 76.0 Å². The molecule has 1 saturated heterocycles. The second-order valence-corrected chi connectivity index (χ2v) is 9.60. The second kappa shape index (κ2) is 8.52. The normalized spacial score (nSPS) is 18.9. The van der Waals surface area contributed by atoms with E-state index in [0.717, 1.165) is 47.8 Å². The fourth-order valence-electron chi connectivity index (χ4n) is 4.75. The first-order valence-corrected chi connectivity index (χ1v) is 11.7. The smallest absolute Gasteiger partial charge is 0.198 e. The van der Waals surface area contributed by atoms with Crippen LogP contribution in [0.4, 0.5) is 4.39 Å². The van der Waals surface area contributed by atoms with Crippen LogP contribution in [0.3, 0.4) is 0 Å². The number of halogens is 1. The minimum atomic E-state index is -0.229. The van der Waals surface area contributed by atoms with E-state index in [2.05, 4.69) is 28.2 Å². The number of benzene rings is 1. The van der Waals surface area contributed by atoms with Gasteiger partial charge >= 0.3 is 0 Å². The number of piperidine rings is 1. The van der Waals surface area contributed by atoms with Crippen LogP contribution in [0.2, 0.25) is 0 Å². The Morgan fingerprint density at radius 3 is 2.47 bits per heavy atom. The first-order valence-electron chi connectivity index (χ1n) is 10.9. The van der Waals surface area contributed by atoms with Gasteiger partial charge < -0.3 is 4.90 Å². The SMILES string of the molecule is CN1CCC(c2nc(-c3ccc(F)cc3)c(-c3n[c]ncc3C3CCCC3)s2)CC1. The number of rotatable bonds is 4. The molecular weight excluding hydrogens is 395 g/mol. The van der Waals surface area contributed by atoms with Crippen molar-refractivity contribution in [3.63, 3.8) is 0 Å². The van der Waals surface area contributed by atoms with E-state index in [0.29, 0.717) is 11.8 Å². The van der Waals surface area contributed by atoms with E-state index in [9.17, 15) is 4.39 Å². The van der Waals surface area contributed by atoms with Gasteiger partial charge in [-0.1, -0.05) is 12.8 Å². The van der Waals surface area contributed by atoms with Crippen LogP contribution in [0, 0.1) is 12.1 Å². The Bertz CT molecular complexity index is 1000. The predicted molar refractivity (Wildman–Crippen MR) is 118 cm³/mol. The molecule has 2 fully saturated rings. The number of likely N-dealkylation sites (tertiary alicyclic amines) is 1. The zero-order valence-corrected chi connectivity index (χ0v) is 18.1. The summed E-state index contributed by atoms with van der Waals surface area (Å²) in [5, 5.41) is 1.17. The summed E-state index contributed by atoms with van der Waals surface area (Å²) in [7, 11) is 2.18. The van der Waals surface area contributed by atoms with Crippen LogP contribution in [-0.2, 0) is 0 Å². The lowest BCUT2D eigenvalue weighted by atomic mass is 9.95. The molecule has 3 aromatic rings. The van der Waals surface area contributed by atoms with E-state index < -0.39 is 0 Å². The zero-order chi connectivity index (χ0) is 20.5. The van der Waals surface area contributed by atoms with Crippen LogP contribution >= 0.6 is 11.3 Å². The van der Waals surface area contributed by atoms with Crippen molar-refractivity contribution < 1.29 is 4.39 Å². The van der Waals surface area contributed by atoms with Crippen molar-refractivity contribution in [2.24, 2.45) is 0 Å². The number of hydrogen-bond donors (Lipinski definition) is 0. The Hall–Kier alpha value is -2.18. The fraction of sp³-hybridized carbons (Fsp3) is 0.458. The molecule has 1 aliphatic carbocycles. The molecule has 2 aromatic heterocycles. The summed E-state index contributed by atoms with van der Waals surface area (Å²) in [5.41, 5.74) is 4.04. The summed E-state index contributed by atoms with van der Waals surface area (Å²) >= 11 is 1.76. The maximum atomic E-state index is 13.6. The molecule has 4 nitrogen and oxygen atoms in total. The number of hydrogen-bond acceptors (Lipinski definition) is 5. The van der Waals surface area contributed by atoms with Crippen LogP contribution in [0.25, 0.3) is 21.8 Å². The van der Waals surface area contributed by atoms with Crippen LogP contribution in [-0.4, -0.2) is 40.0 Å². The highest BCUT2D eigenvalue weighted by Crippen LogP contribution is 2.45. The van der Waals surface area contributed by atoms with Crippen LogP contribution in [0.15, 0.2) is 30.5 Å². The van der Waals surface area contributed by atoms with Crippen molar-refractivity contribution >= 4 is 11.3 Å². The van der Waals surface area contributed by atoms with Gasteiger partial charge in [-0.15, -0.1) is 11.3 Å². The molecule has 1 saturated carbocycles. The van der Waals surface area contributed by atoms with Crippen molar-refractivity contribution in [2.75, 3.05) is 20.1 Å². The molecule has 5 rings (SSSR count). The van der Waals surface area contributed by atoms with Gasteiger partial charge in [-0.3, -0.25) is 0 Å².